The van der Waals surface area contributed by atoms with Gasteiger partial charge >= 0.3 is 0 Å². The van der Waals surface area contributed by atoms with Crippen molar-refractivity contribution in [2.75, 3.05) is 0 Å². The van der Waals surface area contributed by atoms with Crippen LogP contribution in [0.1, 0.15) is 5.56 Å². The Morgan fingerprint density at radius 1 is 0.682 bits per heavy atom. The average Bonchev–Trinajstić information content (AvgIpc) is 2.57. The Kier molecular flexibility index (Phi) is 4.71. The zero-order valence-electron chi connectivity index (χ0n) is 11.9. The topological polar surface area (TPSA) is 0 Å². The summed E-state index contributed by atoms with van der Waals surface area (Å²) in [6.45, 7) is 0. The summed E-state index contributed by atoms with van der Waals surface area (Å²) >= 11 is 1.13. The van der Waals surface area contributed by atoms with Crippen molar-refractivity contribution >= 4 is 17.8 Å². The maximum Gasteiger partial charge on any atom is 0.161 e. The highest BCUT2D eigenvalue weighted by Crippen LogP contribution is 2.29. The minimum Gasteiger partial charge on any atom is -0.199 e. The summed E-state index contributed by atoms with van der Waals surface area (Å²) in [6, 6.07) is 27.6. The summed E-state index contributed by atoms with van der Waals surface area (Å²) in [5.41, 5.74) is 3.16. The maximum atomic E-state index is 14.0. The molecule has 0 aliphatic rings. The van der Waals surface area contributed by atoms with Crippen molar-refractivity contribution in [3.05, 3.63) is 95.7 Å². The van der Waals surface area contributed by atoms with Gasteiger partial charge in [-0.25, -0.2) is 0 Å². The van der Waals surface area contributed by atoms with Gasteiger partial charge in [-0.05, 0) is 34.9 Å². The van der Waals surface area contributed by atoms with Crippen LogP contribution in [0.2, 0.25) is 0 Å². The van der Waals surface area contributed by atoms with Gasteiger partial charge in [-0.1, -0.05) is 84.6 Å². The zero-order chi connectivity index (χ0) is 15.2. The van der Waals surface area contributed by atoms with E-state index in [0.29, 0.717) is 0 Å². The van der Waals surface area contributed by atoms with Crippen molar-refractivity contribution in [2.45, 2.75) is 4.90 Å². The third kappa shape index (κ3) is 3.86. The van der Waals surface area contributed by atoms with Crippen LogP contribution in [-0.4, -0.2) is 0 Å². The summed E-state index contributed by atoms with van der Waals surface area (Å²) in [6.07, 6.45) is 1.56. The summed E-state index contributed by atoms with van der Waals surface area (Å²) < 4.78 is 14.0. The molecule has 0 amide bonds. The molecule has 0 heterocycles. The second-order valence-corrected chi connectivity index (χ2v) is 5.92. The second kappa shape index (κ2) is 7.10. The molecule has 0 unspecified atom stereocenters. The van der Waals surface area contributed by atoms with Crippen LogP contribution < -0.4 is 0 Å². The van der Waals surface area contributed by atoms with Crippen molar-refractivity contribution in [2.24, 2.45) is 0 Å². The summed E-state index contributed by atoms with van der Waals surface area (Å²) in [4.78, 5) is 0.900. The number of thioether (sulfide) groups is 1. The molecule has 0 aromatic heterocycles. The molecule has 2 heteroatoms. The molecule has 0 N–H and O–H groups in total. The van der Waals surface area contributed by atoms with Gasteiger partial charge in [0.2, 0.25) is 0 Å². The molecule has 0 spiro atoms. The molecule has 0 saturated heterocycles. The molecule has 0 bridgehead atoms. The van der Waals surface area contributed by atoms with Crippen molar-refractivity contribution < 1.29 is 4.39 Å². The maximum absolute atomic E-state index is 14.0. The molecule has 0 aliphatic heterocycles. The molecule has 0 radical (unpaired) electrons. The quantitative estimate of drug-likeness (QED) is 0.502. The highest BCUT2D eigenvalue weighted by atomic mass is 32.2. The Morgan fingerprint density at radius 2 is 1.23 bits per heavy atom. The van der Waals surface area contributed by atoms with Gasteiger partial charge in [-0.3, -0.25) is 0 Å². The number of halogens is 1. The van der Waals surface area contributed by atoms with E-state index in [1.54, 1.807) is 6.08 Å². The van der Waals surface area contributed by atoms with Gasteiger partial charge in [0.05, 0.1) is 0 Å². The molecule has 0 aliphatic carbocycles. The monoisotopic (exact) mass is 306 g/mol. The van der Waals surface area contributed by atoms with Gasteiger partial charge in [0, 0.05) is 4.90 Å². The molecular weight excluding hydrogens is 291 g/mol. The van der Waals surface area contributed by atoms with Crippen molar-refractivity contribution in [3.8, 4) is 11.1 Å². The van der Waals surface area contributed by atoms with E-state index in [0.717, 1.165) is 33.3 Å². The van der Waals surface area contributed by atoms with Gasteiger partial charge in [0.25, 0.3) is 0 Å². The Hall–Kier alpha value is -2.32. The minimum absolute atomic E-state index is 0.210. The molecule has 0 atom stereocenters. The third-order valence-corrected chi connectivity index (χ3v) is 4.08. The molecule has 0 saturated carbocycles. The Balaban J connectivity index is 1.74. The van der Waals surface area contributed by atoms with Crippen molar-refractivity contribution in [1.82, 2.24) is 0 Å². The SMILES string of the molecule is F/C(=C/c1ccc(-c2ccccc2)cc1)Sc1ccccc1. The van der Waals surface area contributed by atoms with Crippen molar-refractivity contribution in [3.63, 3.8) is 0 Å². The summed E-state index contributed by atoms with van der Waals surface area (Å²) in [5.74, 6) is 0. The zero-order valence-corrected chi connectivity index (χ0v) is 12.8. The molecule has 0 fully saturated rings. The van der Waals surface area contributed by atoms with Crippen LogP contribution in [0.15, 0.2) is 95.0 Å². The Morgan fingerprint density at radius 3 is 1.86 bits per heavy atom. The third-order valence-electron chi connectivity index (χ3n) is 3.26. The first-order valence-electron chi connectivity index (χ1n) is 7.07. The Bertz CT molecular complexity index is 747. The van der Waals surface area contributed by atoms with E-state index in [4.69, 9.17) is 0 Å². The van der Waals surface area contributed by atoms with E-state index >= 15 is 0 Å². The normalized spacial score (nSPS) is 11.4. The lowest BCUT2D eigenvalue weighted by Gasteiger charge is -2.02. The Labute approximate surface area is 134 Å². The van der Waals surface area contributed by atoms with Crippen LogP contribution >= 0.6 is 11.8 Å². The predicted octanol–water partition coefficient (Wildman–Crippen LogP) is 6.41. The summed E-state index contributed by atoms with van der Waals surface area (Å²) in [5, 5.41) is -0.210. The van der Waals surface area contributed by atoms with E-state index in [9.17, 15) is 4.39 Å². The largest absolute Gasteiger partial charge is 0.199 e. The van der Waals surface area contributed by atoms with Crippen LogP contribution in [-0.2, 0) is 0 Å². The average molecular weight is 306 g/mol. The molecule has 3 rings (SSSR count). The predicted molar refractivity (Wildman–Crippen MR) is 93.3 cm³/mol. The van der Waals surface area contributed by atoms with Crippen LogP contribution in [0.3, 0.4) is 0 Å². The van der Waals surface area contributed by atoms with E-state index in [1.807, 2.05) is 72.8 Å². The number of hydrogen-bond acceptors (Lipinski definition) is 1. The number of benzene rings is 3. The first-order valence-corrected chi connectivity index (χ1v) is 7.88. The van der Waals surface area contributed by atoms with Gasteiger partial charge in [-0.2, -0.15) is 4.39 Å². The number of hydrogen-bond donors (Lipinski definition) is 0. The highest BCUT2D eigenvalue weighted by Gasteiger charge is 2.00. The highest BCUT2D eigenvalue weighted by molar-refractivity contribution is 8.03. The summed E-state index contributed by atoms with van der Waals surface area (Å²) in [7, 11) is 0. The molecule has 3 aromatic rings. The second-order valence-electron chi connectivity index (χ2n) is 4.85. The first-order chi connectivity index (χ1) is 10.8. The fourth-order valence-corrected chi connectivity index (χ4v) is 2.88. The van der Waals surface area contributed by atoms with E-state index < -0.39 is 0 Å². The fraction of sp³-hybridized carbons (Fsp3) is 0. The molecule has 22 heavy (non-hydrogen) atoms. The van der Waals surface area contributed by atoms with Crippen LogP contribution in [0.5, 0.6) is 0 Å². The number of rotatable bonds is 4. The lowest BCUT2D eigenvalue weighted by atomic mass is 10.0. The standard InChI is InChI=1S/C20H15FS/c21-20(22-19-9-5-2-6-10-19)15-16-11-13-18(14-12-16)17-7-3-1-4-8-17/h1-15H/b20-15-. The molecule has 0 nitrogen and oxygen atoms in total. The van der Waals surface area contributed by atoms with Gasteiger partial charge in [0.15, 0.2) is 5.16 Å². The smallest absolute Gasteiger partial charge is 0.161 e. The van der Waals surface area contributed by atoms with E-state index in [1.165, 1.54) is 0 Å². The fourth-order valence-electron chi connectivity index (χ4n) is 2.16. The van der Waals surface area contributed by atoms with Gasteiger partial charge in [-0.15, -0.1) is 0 Å². The lowest BCUT2D eigenvalue weighted by Crippen LogP contribution is -1.78. The van der Waals surface area contributed by atoms with Crippen molar-refractivity contribution in [1.29, 1.82) is 0 Å². The van der Waals surface area contributed by atoms with Crippen LogP contribution in [0.4, 0.5) is 4.39 Å². The first kappa shape index (κ1) is 14.6. The van der Waals surface area contributed by atoms with Gasteiger partial charge in [0.1, 0.15) is 0 Å². The van der Waals surface area contributed by atoms with E-state index in [-0.39, 0.29) is 5.16 Å². The van der Waals surface area contributed by atoms with Gasteiger partial charge < -0.3 is 0 Å². The van der Waals surface area contributed by atoms with Crippen LogP contribution in [0, 0.1) is 0 Å². The molecule has 108 valence electrons. The lowest BCUT2D eigenvalue weighted by molar-refractivity contribution is 0.706. The molecular formula is C20H15FS. The minimum atomic E-state index is -0.210. The van der Waals surface area contributed by atoms with Crippen LogP contribution in [0.25, 0.3) is 17.2 Å². The molecule has 3 aromatic carbocycles. The van der Waals surface area contributed by atoms with E-state index in [2.05, 4.69) is 12.1 Å².